The number of sulfone groups is 1. The van der Waals surface area contributed by atoms with Crippen molar-refractivity contribution in [3.8, 4) is 0 Å². The Morgan fingerprint density at radius 1 is 1.24 bits per heavy atom. The monoisotopic (exact) mass is 259 g/mol. The first kappa shape index (κ1) is 13.3. The summed E-state index contributed by atoms with van der Waals surface area (Å²) >= 11 is 0. The van der Waals surface area contributed by atoms with Crippen molar-refractivity contribution in [2.24, 2.45) is 11.8 Å². The van der Waals surface area contributed by atoms with Crippen LogP contribution in [0.15, 0.2) is 0 Å². The molecule has 1 saturated carbocycles. The summed E-state index contributed by atoms with van der Waals surface area (Å²) in [6.45, 7) is 3.13. The highest BCUT2D eigenvalue weighted by atomic mass is 32.2. The van der Waals surface area contributed by atoms with E-state index >= 15 is 0 Å². The molecule has 100 valence electrons. The van der Waals surface area contributed by atoms with Gasteiger partial charge >= 0.3 is 0 Å². The molecule has 2 rings (SSSR count). The third kappa shape index (κ3) is 4.59. The van der Waals surface area contributed by atoms with Crippen molar-refractivity contribution < 1.29 is 8.42 Å². The molecule has 3 nitrogen and oxygen atoms in total. The molecule has 2 fully saturated rings. The van der Waals surface area contributed by atoms with E-state index in [2.05, 4.69) is 12.2 Å². The summed E-state index contributed by atoms with van der Waals surface area (Å²) in [5.41, 5.74) is 0. The normalized spacial score (nSPS) is 29.4. The lowest BCUT2D eigenvalue weighted by Gasteiger charge is -2.20. The molecule has 0 aromatic rings. The highest BCUT2D eigenvalue weighted by molar-refractivity contribution is 7.91. The molecular formula is C13H25NO2S. The van der Waals surface area contributed by atoms with Crippen LogP contribution in [-0.2, 0) is 9.84 Å². The van der Waals surface area contributed by atoms with E-state index in [1.54, 1.807) is 0 Å². The average Bonchev–Trinajstić information content (AvgIpc) is 3.01. The summed E-state index contributed by atoms with van der Waals surface area (Å²) < 4.78 is 22.9. The van der Waals surface area contributed by atoms with E-state index in [0.717, 1.165) is 25.3 Å². The van der Waals surface area contributed by atoms with Crippen molar-refractivity contribution in [3.63, 3.8) is 0 Å². The molecule has 2 atom stereocenters. The Labute approximate surface area is 105 Å². The van der Waals surface area contributed by atoms with Gasteiger partial charge in [-0.25, -0.2) is 8.42 Å². The van der Waals surface area contributed by atoms with Gasteiger partial charge in [0.2, 0.25) is 0 Å². The lowest BCUT2D eigenvalue weighted by atomic mass is 9.95. The highest BCUT2D eigenvalue weighted by Gasteiger charge is 2.30. The molecule has 2 unspecified atom stereocenters. The van der Waals surface area contributed by atoms with Crippen molar-refractivity contribution >= 4 is 9.84 Å². The molecule has 0 aromatic carbocycles. The first-order valence-electron chi connectivity index (χ1n) is 7.03. The van der Waals surface area contributed by atoms with E-state index < -0.39 is 9.84 Å². The summed E-state index contributed by atoms with van der Waals surface area (Å²) in [4.78, 5) is 0. The second kappa shape index (κ2) is 5.70. The topological polar surface area (TPSA) is 46.2 Å². The molecule has 1 aliphatic heterocycles. The van der Waals surface area contributed by atoms with Gasteiger partial charge in [-0.05, 0) is 44.1 Å². The minimum Gasteiger partial charge on any atom is -0.314 e. The standard InChI is InChI=1S/C13H25NO2S/c1-2-14-13(6-5-11-3-4-11)9-12-7-8-17(15,16)10-12/h11-14H,2-10H2,1H3. The first-order chi connectivity index (χ1) is 8.09. The van der Waals surface area contributed by atoms with Gasteiger partial charge in [-0.2, -0.15) is 0 Å². The van der Waals surface area contributed by atoms with E-state index in [1.807, 2.05) is 0 Å². The molecule has 0 spiro atoms. The van der Waals surface area contributed by atoms with Crippen molar-refractivity contribution in [2.75, 3.05) is 18.1 Å². The number of hydrogen-bond acceptors (Lipinski definition) is 3. The van der Waals surface area contributed by atoms with E-state index in [-0.39, 0.29) is 0 Å². The lowest BCUT2D eigenvalue weighted by molar-refractivity contribution is 0.379. The Morgan fingerprint density at radius 2 is 2.00 bits per heavy atom. The highest BCUT2D eigenvalue weighted by Crippen LogP contribution is 2.34. The van der Waals surface area contributed by atoms with Crippen LogP contribution in [0.2, 0.25) is 0 Å². The van der Waals surface area contributed by atoms with Crippen molar-refractivity contribution in [3.05, 3.63) is 0 Å². The summed E-state index contributed by atoms with van der Waals surface area (Å²) in [5.74, 6) is 2.23. The second-order valence-electron chi connectivity index (χ2n) is 5.78. The predicted molar refractivity (Wildman–Crippen MR) is 70.8 cm³/mol. The van der Waals surface area contributed by atoms with Gasteiger partial charge in [-0.15, -0.1) is 0 Å². The van der Waals surface area contributed by atoms with E-state index in [9.17, 15) is 8.42 Å². The molecule has 1 heterocycles. The van der Waals surface area contributed by atoms with Crippen LogP contribution in [0, 0.1) is 11.8 Å². The third-order valence-electron chi connectivity index (χ3n) is 4.06. The second-order valence-corrected chi connectivity index (χ2v) is 8.01. The van der Waals surface area contributed by atoms with Crippen molar-refractivity contribution in [2.45, 2.75) is 51.5 Å². The molecule has 17 heavy (non-hydrogen) atoms. The van der Waals surface area contributed by atoms with Gasteiger partial charge in [-0.1, -0.05) is 19.8 Å². The Morgan fingerprint density at radius 3 is 2.53 bits per heavy atom. The maximum absolute atomic E-state index is 11.4. The predicted octanol–water partition coefficient (Wildman–Crippen LogP) is 1.98. The van der Waals surface area contributed by atoms with Crippen LogP contribution in [0.3, 0.4) is 0 Å². The van der Waals surface area contributed by atoms with E-state index in [4.69, 9.17) is 0 Å². The lowest BCUT2D eigenvalue weighted by Crippen LogP contribution is -2.31. The van der Waals surface area contributed by atoms with Crippen LogP contribution in [0.5, 0.6) is 0 Å². The van der Waals surface area contributed by atoms with Gasteiger partial charge in [0.1, 0.15) is 0 Å². The van der Waals surface area contributed by atoms with Gasteiger partial charge < -0.3 is 5.32 Å². The number of hydrogen-bond donors (Lipinski definition) is 1. The quantitative estimate of drug-likeness (QED) is 0.760. The van der Waals surface area contributed by atoms with Gasteiger partial charge in [-0.3, -0.25) is 0 Å². The maximum Gasteiger partial charge on any atom is 0.150 e. The van der Waals surface area contributed by atoms with Gasteiger partial charge in [0.05, 0.1) is 11.5 Å². The SMILES string of the molecule is CCNC(CCC1CC1)CC1CCS(=O)(=O)C1. The zero-order chi connectivity index (χ0) is 12.3. The zero-order valence-electron chi connectivity index (χ0n) is 10.8. The van der Waals surface area contributed by atoms with Crippen LogP contribution in [-0.4, -0.2) is 32.5 Å². The number of nitrogens with one attached hydrogen (secondary N) is 1. The minimum absolute atomic E-state index is 0.406. The summed E-state index contributed by atoms with van der Waals surface area (Å²) in [6, 6.07) is 0.541. The molecule has 0 aromatic heterocycles. The van der Waals surface area contributed by atoms with Crippen LogP contribution in [0.1, 0.15) is 45.4 Å². The summed E-state index contributed by atoms with van der Waals surface area (Å²) in [5, 5.41) is 3.53. The first-order valence-corrected chi connectivity index (χ1v) is 8.85. The van der Waals surface area contributed by atoms with E-state index in [0.29, 0.717) is 23.5 Å². The molecule has 1 aliphatic carbocycles. The van der Waals surface area contributed by atoms with Crippen LogP contribution < -0.4 is 5.32 Å². The zero-order valence-corrected chi connectivity index (χ0v) is 11.6. The average molecular weight is 259 g/mol. The fourth-order valence-corrected chi connectivity index (χ4v) is 4.78. The largest absolute Gasteiger partial charge is 0.314 e. The summed E-state index contributed by atoms with van der Waals surface area (Å²) in [7, 11) is -2.70. The van der Waals surface area contributed by atoms with Gasteiger partial charge in [0.25, 0.3) is 0 Å². The Hall–Kier alpha value is -0.0900. The fraction of sp³-hybridized carbons (Fsp3) is 1.00. The molecule has 1 N–H and O–H groups in total. The minimum atomic E-state index is -2.70. The molecule has 2 aliphatic rings. The molecular weight excluding hydrogens is 234 g/mol. The van der Waals surface area contributed by atoms with Crippen LogP contribution in [0.4, 0.5) is 0 Å². The Bertz CT molecular complexity index is 335. The number of rotatable bonds is 7. The molecule has 0 amide bonds. The van der Waals surface area contributed by atoms with Crippen molar-refractivity contribution in [1.82, 2.24) is 5.32 Å². The molecule has 1 saturated heterocycles. The van der Waals surface area contributed by atoms with Gasteiger partial charge in [0, 0.05) is 6.04 Å². The smallest absolute Gasteiger partial charge is 0.150 e. The van der Waals surface area contributed by atoms with Crippen LogP contribution in [0.25, 0.3) is 0 Å². The van der Waals surface area contributed by atoms with Crippen molar-refractivity contribution in [1.29, 1.82) is 0 Å². The fourth-order valence-electron chi connectivity index (χ4n) is 2.90. The Balaban J connectivity index is 1.75. The maximum atomic E-state index is 11.4. The van der Waals surface area contributed by atoms with Crippen LogP contribution >= 0.6 is 0 Å². The molecule has 4 heteroatoms. The van der Waals surface area contributed by atoms with E-state index in [1.165, 1.54) is 25.7 Å². The Kier molecular flexibility index (Phi) is 4.47. The molecule has 0 radical (unpaired) electrons. The molecule has 0 bridgehead atoms. The summed E-state index contributed by atoms with van der Waals surface area (Å²) in [6.07, 6.45) is 7.33. The third-order valence-corrected chi connectivity index (χ3v) is 5.89. The van der Waals surface area contributed by atoms with Gasteiger partial charge in [0.15, 0.2) is 9.84 Å².